The number of aliphatic hydroxyl groups excluding tert-OH is 2. The maximum Gasteiger partial charge on any atom is 0.283 e. The Bertz CT molecular complexity index is 1240. The minimum Gasteiger partial charge on any atom is -0.390 e. The first-order valence-electron chi connectivity index (χ1n) is 13.6. The number of hydrogen-bond donors (Lipinski definition) is 3. The lowest BCUT2D eigenvalue weighted by molar-refractivity contribution is -0.0791. The molecule has 5 nitrogen and oxygen atoms in total. The van der Waals surface area contributed by atoms with E-state index in [0.29, 0.717) is 24.7 Å². The largest absolute Gasteiger partial charge is 0.390 e. The minimum absolute atomic E-state index is 0.0137. The fourth-order valence-corrected chi connectivity index (χ4v) is 5.21. The monoisotopic (exact) mass is 589 g/mol. The smallest absolute Gasteiger partial charge is 0.283 e. The molecule has 0 saturated heterocycles. The van der Waals surface area contributed by atoms with E-state index in [-0.39, 0.29) is 35.7 Å². The summed E-state index contributed by atoms with van der Waals surface area (Å²) < 4.78 is 83.7. The van der Waals surface area contributed by atoms with Crippen molar-refractivity contribution in [3.63, 3.8) is 0 Å². The van der Waals surface area contributed by atoms with Crippen molar-refractivity contribution >= 4 is 10.9 Å². The van der Waals surface area contributed by atoms with Gasteiger partial charge < -0.3 is 20.1 Å². The van der Waals surface area contributed by atoms with Gasteiger partial charge in [-0.1, -0.05) is 39.3 Å². The number of alkyl halides is 3. The van der Waals surface area contributed by atoms with Crippen LogP contribution in [0.3, 0.4) is 0 Å². The van der Waals surface area contributed by atoms with Crippen molar-refractivity contribution in [2.75, 3.05) is 47.5 Å². The normalized spacial score (nSPS) is 16.9. The predicted molar refractivity (Wildman–Crippen MR) is 149 cm³/mol. The van der Waals surface area contributed by atoms with Gasteiger partial charge in [-0.3, -0.25) is 9.29 Å². The van der Waals surface area contributed by atoms with Gasteiger partial charge in [0, 0.05) is 29.7 Å². The molecule has 3 atom stereocenters. The molecule has 11 heteroatoms. The molecule has 2 aromatic carbocycles. The van der Waals surface area contributed by atoms with Gasteiger partial charge in [0.15, 0.2) is 0 Å². The molecular weight excluding hydrogens is 548 g/mol. The zero-order valence-corrected chi connectivity index (χ0v) is 24.4. The third-order valence-corrected chi connectivity index (χ3v) is 6.79. The van der Waals surface area contributed by atoms with Crippen LogP contribution in [0.1, 0.15) is 61.7 Å². The second-order valence-electron chi connectivity index (χ2n) is 10.6. The van der Waals surface area contributed by atoms with Gasteiger partial charge in [0.1, 0.15) is 24.1 Å². The van der Waals surface area contributed by atoms with E-state index in [9.17, 15) is 22.7 Å². The quantitative estimate of drug-likeness (QED) is 0.267. The van der Waals surface area contributed by atoms with E-state index in [1.807, 2.05) is 19.0 Å². The number of halogens is 6. The first-order chi connectivity index (χ1) is 19.3. The van der Waals surface area contributed by atoms with Crippen LogP contribution >= 0.6 is 0 Å². The highest BCUT2D eigenvalue weighted by Crippen LogP contribution is 2.42. The Morgan fingerprint density at radius 2 is 1.66 bits per heavy atom. The summed E-state index contributed by atoms with van der Waals surface area (Å²) in [5.74, 6) is -6.42. The van der Waals surface area contributed by atoms with Gasteiger partial charge >= 0.3 is 0 Å². The number of rotatable bonds is 8. The number of aromatic amines is 1. The van der Waals surface area contributed by atoms with Gasteiger partial charge in [-0.05, 0) is 55.8 Å². The summed E-state index contributed by atoms with van der Waals surface area (Å²) in [7, 11) is 4.13. The fraction of sp³-hybridized carbons (Fsp3) is 0.533. The minimum atomic E-state index is -3.52. The summed E-state index contributed by atoms with van der Waals surface area (Å²) in [4.78, 5) is 5.92. The molecule has 0 bridgehead atoms. The molecule has 0 aliphatic carbocycles. The first kappa shape index (κ1) is 34.6. The van der Waals surface area contributed by atoms with Crippen molar-refractivity contribution in [1.29, 1.82) is 0 Å². The zero-order valence-electron chi connectivity index (χ0n) is 24.4. The molecule has 3 N–H and O–H groups in total. The summed E-state index contributed by atoms with van der Waals surface area (Å²) in [6.45, 7) is 4.11. The molecule has 0 radical (unpaired) electrons. The molecule has 4 rings (SSSR count). The van der Waals surface area contributed by atoms with Gasteiger partial charge in [-0.25, -0.2) is 22.0 Å². The highest BCUT2D eigenvalue weighted by atomic mass is 19.3. The van der Waals surface area contributed by atoms with Crippen LogP contribution in [0.5, 0.6) is 0 Å². The third-order valence-electron chi connectivity index (χ3n) is 6.79. The summed E-state index contributed by atoms with van der Waals surface area (Å²) in [6, 6.07) is 5.15. The third kappa shape index (κ3) is 8.03. The molecule has 0 saturated carbocycles. The Hall–Kier alpha value is -2.60. The number of para-hydroxylation sites is 1. The lowest BCUT2D eigenvalue weighted by Crippen LogP contribution is -2.45. The molecule has 1 aromatic heterocycles. The van der Waals surface area contributed by atoms with Crippen LogP contribution < -0.4 is 0 Å². The topological polar surface area (TPSA) is 62.7 Å². The number of H-pyrrole nitrogens is 1. The van der Waals surface area contributed by atoms with Crippen LogP contribution in [-0.2, 0) is 6.42 Å². The molecule has 1 aliphatic rings. The highest BCUT2D eigenvalue weighted by Gasteiger charge is 2.41. The molecule has 41 heavy (non-hydrogen) atoms. The zero-order chi connectivity index (χ0) is 31.1. The number of aromatic nitrogens is 1. The van der Waals surface area contributed by atoms with Gasteiger partial charge in [0.05, 0.1) is 31.4 Å². The molecule has 3 aromatic rings. The van der Waals surface area contributed by atoms with E-state index in [0.717, 1.165) is 12.1 Å². The fourth-order valence-electron chi connectivity index (χ4n) is 5.21. The van der Waals surface area contributed by atoms with Gasteiger partial charge in [-0.2, -0.15) is 0 Å². The number of nitrogens with one attached hydrogen (secondary N) is 1. The lowest BCUT2D eigenvalue weighted by atomic mass is 9.89. The summed E-state index contributed by atoms with van der Waals surface area (Å²) in [6.07, 6.45) is 0.350. The second-order valence-corrected chi connectivity index (χ2v) is 10.6. The molecule has 0 amide bonds. The van der Waals surface area contributed by atoms with Crippen molar-refractivity contribution in [2.24, 2.45) is 5.92 Å². The summed E-state index contributed by atoms with van der Waals surface area (Å²) >= 11 is 0. The maximum atomic E-state index is 15.6. The number of hydrogen-bond acceptors (Lipinski definition) is 4. The Kier molecular flexibility index (Phi) is 12.7. The molecule has 3 unspecified atom stereocenters. The van der Waals surface area contributed by atoms with E-state index < -0.39 is 54.2 Å². The van der Waals surface area contributed by atoms with Crippen LogP contribution in [0.25, 0.3) is 10.9 Å². The summed E-state index contributed by atoms with van der Waals surface area (Å²) in [5.41, 5.74) is 0.512. The Morgan fingerprint density at radius 3 is 2.20 bits per heavy atom. The predicted octanol–water partition coefficient (Wildman–Crippen LogP) is 6.39. The van der Waals surface area contributed by atoms with E-state index in [2.05, 4.69) is 18.8 Å². The van der Waals surface area contributed by atoms with Gasteiger partial charge in [0.25, 0.3) is 5.92 Å². The van der Waals surface area contributed by atoms with E-state index in [4.69, 9.17) is 5.11 Å². The van der Waals surface area contributed by atoms with Crippen molar-refractivity contribution < 1.29 is 36.6 Å². The Balaban J connectivity index is 0.00000110. The molecule has 2 heterocycles. The number of nitrogens with zero attached hydrogens (tertiary/aromatic N) is 2. The molecule has 0 fully saturated rings. The van der Waals surface area contributed by atoms with Crippen LogP contribution in [0, 0.1) is 23.4 Å². The SMILES string of the molecule is CC(CN(C)C)C(O)c1cc(F)c(C2c3[nH]c4c(F)cccc4c3CCN2CC(F)(F)CO)c(F)c1.CCC.CF. The number of benzene rings is 2. The lowest BCUT2D eigenvalue weighted by Gasteiger charge is -2.38. The summed E-state index contributed by atoms with van der Waals surface area (Å²) in [5, 5.41) is 20.3. The first-order valence-corrected chi connectivity index (χ1v) is 13.6. The Labute approximate surface area is 237 Å². The van der Waals surface area contributed by atoms with Gasteiger partial charge in [-0.15, -0.1) is 0 Å². The van der Waals surface area contributed by atoms with Crippen molar-refractivity contribution in [3.05, 3.63) is 70.2 Å². The van der Waals surface area contributed by atoms with Crippen molar-refractivity contribution in [2.45, 2.75) is 51.7 Å². The van der Waals surface area contributed by atoms with E-state index in [1.165, 1.54) is 23.5 Å². The van der Waals surface area contributed by atoms with E-state index >= 15 is 8.78 Å². The standard InChI is InChI=1S/C26H30F5N3O2.C3H8.CH3F/c1-14(11-33(2)3)25(36)15-9-19(28)21(20(29)10-15)24-23-17(7-8-34(24)12-26(30,31)13-35)16-5-4-6-18(27)22(16)32-23;1-3-2;1-2/h4-6,9-10,14,24-25,32,35-36H,7-8,11-13H2,1-3H3;3H2,1-2H3;1H3. The highest BCUT2D eigenvalue weighted by molar-refractivity contribution is 5.86. The van der Waals surface area contributed by atoms with Crippen LogP contribution in [0.4, 0.5) is 26.3 Å². The molecule has 230 valence electrons. The van der Waals surface area contributed by atoms with Crippen LogP contribution in [0.2, 0.25) is 0 Å². The van der Waals surface area contributed by atoms with Crippen molar-refractivity contribution in [3.8, 4) is 0 Å². The second kappa shape index (κ2) is 15.0. The number of aliphatic hydroxyl groups is 2. The molecular formula is C30H41F6N3O2. The van der Waals surface area contributed by atoms with Gasteiger partial charge in [0.2, 0.25) is 0 Å². The Morgan fingerprint density at radius 1 is 1.07 bits per heavy atom. The molecule has 0 spiro atoms. The average molecular weight is 590 g/mol. The van der Waals surface area contributed by atoms with Crippen molar-refractivity contribution in [1.82, 2.24) is 14.8 Å². The maximum absolute atomic E-state index is 15.6. The number of fused-ring (bicyclic) bond motifs is 3. The molecule has 1 aliphatic heterocycles. The van der Waals surface area contributed by atoms with Crippen LogP contribution in [-0.4, -0.2) is 78.4 Å². The van der Waals surface area contributed by atoms with Crippen LogP contribution in [0.15, 0.2) is 30.3 Å². The van der Waals surface area contributed by atoms with E-state index in [1.54, 1.807) is 13.0 Å². The average Bonchev–Trinajstić information content (AvgIpc) is 3.30.